The number of thioether (sulfide) groups is 1. The van der Waals surface area contributed by atoms with Crippen molar-refractivity contribution in [3.63, 3.8) is 0 Å². The van der Waals surface area contributed by atoms with Gasteiger partial charge in [-0.1, -0.05) is 12.1 Å². The smallest absolute Gasteiger partial charge is 0.179 e. The van der Waals surface area contributed by atoms with Crippen LogP contribution in [-0.2, 0) is 9.84 Å². The molecule has 6 heteroatoms. The van der Waals surface area contributed by atoms with Crippen LogP contribution in [0.3, 0.4) is 0 Å². The van der Waals surface area contributed by atoms with E-state index in [0.717, 1.165) is 12.1 Å². The number of phenolic OH excluding ortho intramolecular Hbond substituents is 1. The highest BCUT2D eigenvalue weighted by molar-refractivity contribution is 8.00. The van der Waals surface area contributed by atoms with Crippen molar-refractivity contribution in [2.24, 2.45) is 0 Å². The average Bonchev–Trinajstić information content (AvgIpc) is 2.41. The van der Waals surface area contributed by atoms with Gasteiger partial charge in [0.25, 0.3) is 0 Å². The van der Waals surface area contributed by atoms with Crippen LogP contribution in [0.4, 0.5) is 4.39 Å². The second kappa shape index (κ2) is 6.28. The molecule has 1 N–H and O–H groups in total. The van der Waals surface area contributed by atoms with Crippen LogP contribution in [0.15, 0.2) is 58.3 Å². The standard InChI is InChI=1S/C14H13FO3S2/c15-11-5-7-12(8-6-11)20(17,18)10-9-19-14-4-2-1-3-13(14)16/h1-8,16H,9-10H2. The van der Waals surface area contributed by atoms with E-state index in [0.29, 0.717) is 10.6 Å². The molecule has 2 aromatic rings. The maximum Gasteiger partial charge on any atom is 0.179 e. The van der Waals surface area contributed by atoms with Gasteiger partial charge in [-0.25, -0.2) is 12.8 Å². The lowest BCUT2D eigenvalue weighted by Crippen LogP contribution is -2.08. The Bertz CT molecular complexity index is 682. The summed E-state index contributed by atoms with van der Waals surface area (Å²) < 4.78 is 36.8. The van der Waals surface area contributed by atoms with E-state index in [2.05, 4.69) is 0 Å². The van der Waals surface area contributed by atoms with Gasteiger partial charge in [0.05, 0.1) is 10.6 Å². The first-order chi connectivity index (χ1) is 9.49. The lowest BCUT2D eigenvalue weighted by molar-refractivity contribution is 0.462. The summed E-state index contributed by atoms with van der Waals surface area (Å²) in [5.74, 6) is -0.0845. The third kappa shape index (κ3) is 3.74. The summed E-state index contributed by atoms with van der Waals surface area (Å²) in [6.07, 6.45) is 0. The predicted molar refractivity (Wildman–Crippen MR) is 77.3 cm³/mol. The molecule has 0 spiro atoms. The quantitative estimate of drug-likeness (QED) is 0.681. The zero-order valence-electron chi connectivity index (χ0n) is 10.5. The van der Waals surface area contributed by atoms with Gasteiger partial charge in [-0.3, -0.25) is 0 Å². The van der Waals surface area contributed by atoms with E-state index < -0.39 is 15.7 Å². The van der Waals surface area contributed by atoms with Gasteiger partial charge in [0, 0.05) is 10.6 Å². The maximum absolute atomic E-state index is 12.8. The third-order valence-corrected chi connectivity index (χ3v) is 5.70. The molecule has 0 amide bonds. The second-order valence-corrected chi connectivity index (χ2v) is 7.33. The molecule has 0 aliphatic carbocycles. The number of hydrogen-bond acceptors (Lipinski definition) is 4. The third-order valence-electron chi connectivity index (χ3n) is 2.65. The van der Waals surface area contributed by atoms with E-state index >= 15 is 0 Å². The summed E-state index contributed by atoms with van der Waals surface area (Å²) in [6, 6.07) is 11.5. The summed E-state index contributed by atoms with van der Waals surface area (Å²) in [5.41, 5.74) is 0. The Kier molecular flexibility index (Phi) is 4.67. The zero-order chi connectivity index (χ0) is 14.6. The number of benzene rings is 2. The largest absolute Gasteiger partial charge is 0.507 e. The number of sulfone groups is 1. The summed E-state index contributed by atoms with van der Waals surface area (Å²) in [7, 11) is -3.43. The van der Waals surface area contributed by atoms with Gasteiger partial charge in [-0.05, 0) is 36.4 Å². The number of rotatable bonds is 5. The van der Waals surface area contributed by atoms with Gasteiger partial charge in [0.2, 0.25) is 0 Å². The van der Waals surface area contributed by atoms with Crippen molar-refractivity contribution in [2.45, 2.75) is 9.79 Å². The molecule has 2 rings (SSSR count). The van der Waals surface area contributed by atoms with Gasteiger partial charge in [0.1, 0.15) is 11.6 Å². The van der Waals surface area contributed by atoms with Crippen LogP contribution in [0.2, 0.25) is 0 Å². The lowest BCUT2D eigenvalue weighted by Gasteiger charge is -2.05. The van der Waals surface area contributed by atoms with E-state index in [-0.39, 0.29) is 16.4 Å². The normalized spacial score (nSPS) is 11.4. The molecule has 0 unspecified atom stereocenters. The molecule has 0 atom stereocenters. The Balaban J connectivity index is 2.00. The highest BCUT2D eigenvalue weighted by Gasteiger charge is 2.14. The van der Waals surface area contributed by atoms with Gasteiger partial charge >= 0.3 is 0 Å². The fourth-order valence-electron chi connectivity index (χ4n) is 1.60. The number of para-hydroxylation sites is 1. The van der Waals surface area contributed by atoms with Crippen LogP contribution < -0.4 is 0 Å². The Morgan fingerprint density at radius 2 is 1.70 bits per heavy atom. The van der Waals surface area contributed by atoms with Crippen LogP contribution in [0.1, 0.15) is 0 Å². The first-order valence-corrected chi connectivity index (χ1v) is 8.52. The van der Waals surface area contributed by atoms with Crippen molar-refractivity contribution in [3.05, 3.63) is 54.3 Å². The second-order valence-electron chi connectivity index (χ2n) is 4.09. The fourth-order valence-corrected chi connectivity index (χ4v) is 4.21. The summed E-state index contributed by atoms with van der Waals surface area (Å²) in [6.45, 7) is 0. The minimum Gasteiger partial charge on any atom is -0.507 e. The molecule has 0 radical (unpaired) electrons. The van der Waals surface area contributed by atoms with Gasteiger partial charge in [0.15, 0.2) is 9.84 Å². The Morgan fingerprint density at radius 3 is 2.35 bits per heavy atom. The minimum absolute atomic E-state index is 0.0718. The highest BCUT2D eigenvalue weighted by Crippen LogP contribution is 2.28. The van der Waals surface area contributed by atoms with Crippen molar-refractivity contribution in [3.8, 4) is 5.75 Å². The van der Waals surface area contributed by atoms with E-state index in [9.17, 15) is 17.9 Å². The molecule has 0 bridgehead atoms. The molecule has 0 saturated heterocycles. The molecule has 0 heterocycles. The number of halogens is 1. The van der Waals surface area contributed by atoms with Gasteiger partial charge in [-0.15, -0.1) is 11.8 Å². The van der Waals surface area contributed by atoms with Crippen molar-refractivity contribution in [1.82, 2.24) is 0 Å². The number of hydrogen-bond donors (Lipinski definition) is 1. The van der Waals surface area contributed by atoms with E-state index in [1.807, 2.05) is 0 Å². The van der Waals surface area contributed by atoms with E-state index in [1.165, 1.54) is 23.9 Å². The topological polar surface area (TPSA) is 54.4 Å². The van der Waals surface area contributed by atoms with Crippen molar-refractivity contribution in [1.29, 1.82) is 0 Å². The summed E-state index contributed by atoms with van der Waals surface area (Å²) in [4.78, 5) is 0.749. The van der Waals surface area contributed by atoms with Gasteiger partial charge in [-0.2, -0.15) is 0 Å². The summed E-state index contributed by atoms with van der Waals surface area (Å²) in [5, 5.41) is 9.58. The molecule has 0 aliphatic heterocycles. The predicted octanol–water partition coefficient (Wildman–Crippen LogP) is 3.10. The van der Waals surface area contributed by atoms with Gasteiger partial charge < -0.3 is 5.11 Å². The van der Waals surface area contributed by atoms with E-state index in [4.69, 9.17) is 0 Å². The van der Waals surface area contributed by atoms with Crippen LogP contribution in [0.5, 0.6) is 5.75 Å². The molecular formula is C14H13FO3S2. The number of phenols is 1. The van der Waals surface area contributed by atoms with E-state index in [1.54, 1.807) is 24.3 Å². The molecule has 20 heavy (non-hydrogen) atoms. The highest BCUT2D eigenvalue weighted by atomic mass is 32.2. The first-order valence-electron chi connectivity index (χ1n) is 5.88. The fraction of sp³-hybridized carbons (Fsp3) is 0.143. The Hall–Kier alpha value is -1.53. The lowest BCUT2D eigenvalue weighted by atomic mass is 10.3. The van der Waals surface area contributed by atoms with Crippen LogP contribution in [0.25, 0.3) is 0 Å². The molecular weight excluding hydrogens is 299 g/mol. The maximum atomic E-state index is 12.8. The molecule has 0 aromatic heterocycles. The first kappa shape index (κ1) is 14.9. The molecule has 0 fully saturated rings. The summed E-state index contributed by atoms with van der Waals surface area (Å²) >= 11 is 1.27. The molecule has 2 aromatic carbocycles. The van der Waals surface area contributed by atoms with Crippen LogP contribution in [-0.4, -0.2) is 25.0 Å². The number of aromatic hydroxyl groups is 1. The Morgan fingerprint density at radius 1 is 1.05 bits per heavy atom. The minimum atomic E-state index is -3.43. The average molecular weight is 312 g/mol. The van der Waals surface area contributed by atoms with Crippen molar-refractivity contribution < 1.29 is 17.9 Å². The van der Waals surface area contributed by atoms with Crippen molar-refractivity contribution >= 4 is 21.6 Å². The van der Waals surface area contributed by atoms with Crippen molar-refractivity contribution in [2.75, 3.05) is 11.5 Å². The molecule has 106 valence electrons. The molecule has 0 saturated carbocycles. The SMILES string of the molecule is O=S(=O)(CCSc1ccccc1O)c1ccc(F)cc1. The van der Waals surface area contributed by atoms with Crippen LogP contribution in [0, 0.1) is 5.82 Å². The molecule has 0 aliphatic rings. The Labute approximate surface area is 121 Å². The molecule has 3 nitrogen and oxygen atoms in total. The zero-order valence-corrected chi connectivity index (χ0v) is 12.1. The van der Waals surface area contributed by atoms with Crippen LogP contribution >= 0.6 is 11.8 Å². The monoisotopic (exact) mass is 312 g/mol.